The smallest absolute Gasteiger partial charge is 0.327 e. The Kier molecular flexibility index (Phi) is 9.65. The monoisotopic (exact) mass is 629 g/mol. The fourth-order valence-corrected chi connectivity index (χ4v) is 5.25. The first-order valence-corrected chi connectivity index (χ1v) is 15.0. The molecule has 1 saturated heterocycles. The van der Waals surface area contributed by atoms with Crippen LogP contribution >= 0.6 is 0 Å². The minimum absolute atomic E-state index is 0.000320. The standard InChI is InChI=1S/C34H36FN5O6/c1-42-26-7-5-25(6-8-26)39-13-14-40(23-39)34(41)37-24-4-9-31(28(35)20-24)46-30-10-11-36-29-22-33(32(43-2)21-27(29)30)45-17-3-12-38-15-18-44-19-16-38/h4-11,13-14,20-22H,3,12,15-19,23H2,1-2H3,(H,37,41). The molecule has 1 N–H and O–H groups in total. The highest BCUT2D eigenvalue weighted by Gasteiger charge is 2.21. The van der Waals surface area contributed by atoms with Gasteiger partial charge >= 0.3 is 6.03 Å². The fourth-order valence-electron chi connectivity index (χ4n) is 5.25. The van der Waals surface area contributed by atoms with Crippen molar-refractivity contribution in [1.29, 1.82) is 0 Å². The molecule has 0 aliphatic carbocycles. The Morgan fingerprint density at radius 2 is 1.76 bits per heavy atom. The molecule has 3 aromatic carbocycles. The SMILES string of the molecule is COc1ccc(N2C=CN(C(=O)Nc3ccc(Oc4ccnc5cc(OCCCN6CCOCC6)c(OC)cc45)c(F)c3)C2)cc1. The fraction of sp³-hybridized carbons (Fsp3) is 0.294. The number of nitrogens with zero attached hydrogens (tertiary/aromatic N) is 4. The van der Waals surface area contributed by atoms with E-state index in [1.54, 1.807) is 57.1 Å². The number of pyridine rings is 1. The van der Waals surface area contributed by atoms with Crippen molar-refractivity contribution < 1.29 is 32.9 Å². The van der Waals surface area contributed by atoms with Crippen molar-refractivity contribution in [1.82, 2.24) is 14.8 Å². The number of urea groups is 1. The first-order valence-electron chi connectivity index (χ1n) is 15.0. The Hall–Kier alpha value is -5.07. The van der Waals surface area contributed by atoms with Gasteiger partial charge in [0.2, 0.25) is 0 Å². The van der Waals surface area contributed by atoms with Crippen LogP contribution in [0.1, 0.15) is 6.42 Å². The van der Waals surface area contributed by atoms with E-state index in [1.807, 2.05) is 29.2 Å². The van der Waals surface area contributed by atoms with Gasteiger partial charge in [0.05, 0.1) is 39.6 Å². The molecule has 1 aromatic heterocycles. The number of anilines is 2. The van der Waals surface area contributed by atoms with Gasteiger partial charge in [-0.1, -0.05) is 0 Å². The molecule has 2 aliphatic rings. The minimum Gasteiger partial charge on any atom is -0.497 e. The quantitative estimate of drug-likeness (QED) is 0.198. The van der Waals surface area contributed by atoms with E-state index < -0.39 is 11.8 Å². The average Bonchev–Trinajstić information content (AvgIpc) is 3.59. The van der Waals surface area contributed by atoms with Gasteiger partial charge in [0.1, 0.15) is 18.2 Å². The van der Waals surface area contributed by atoms with E-state index in [4.69, 9.17) is 23.7 Å². The maximum Gasteiger partial charge on any atom is 0.327 e. The highest BCUT2D eigenvalue weighted by Crippen LogP contribution is 2.38. The lowest BCUT2D eigenvalue weighted by molar-refractivity contribution is 0.0357. The number of rotatable bonds is 11. The summed E-state index contributed by atoms with van der Waals surface area (Å²) in [5.74, 6) is 1.62. The lowest BCUT2D eigenvalue weighted by atomic mass is 10.1. The van der Waals surface area contributed by atoms with Crippen molar-refractivity contribution in [2.45, 2.75) is 6.42 Å². The molecule has 0 atom stereocenters. The van der Waals surface area contributed by atoms with Crippen LogP contribution in [0.2, 0.25) is 0 Å². The number of benzene rings is 3. The van der Waals surface area contributed by atoms with Crippen LogP contribution in [0.25, 0.3) is 10.9 Å². The maximum absolute atomic E-state index is 15.2. The number of aromatic nitrogens is 1. The van der Waals surface area contributed by atoms with E-state index in [0.29, 0.717) is 47.1 Å². The average molecular weight is 630 g/mol. The van der Waals surface area contributed by atoms with E-state index in [0.717, 1.165) is 50.7 Å². The summed E-state index contributed by atoms with van der Waals surface area (Å²) in [4.78, 5) is 23.1. The van der Waals surface area contributed by atoms with Gasteiger partial charge in [-0.15, -0.1) is 0 Å². The molecule has 0 saturated carbocycles. The first kappa shape index (κ1) is 30.9. The van der Waals surface area contributed by atoms with E-state index >= 15 is 4.39 Å². The first-order chi connectivity index (χ1) is 22.5. The molecule has 0 bridgehead atoms. The van der Waals surface area contributed by atoms with Gasteiger partial charge < -0.3 is 33.9 Å². The second kappa shape index (κ2) is 14.4. The van der Waals surface area contributed by atoms with Crippen molar-refractivity contribution in [2.24, 2.45) is 0 Å². The number of halogens is 1. The summed E-state index contributed by atoms with van der Waals surface area (Å²) in [5, 5.41) is 3.38. The zero-order valence-corrected chi connectivity index (χ0v) is 25.8. The number of ether oxygens (including phenoxy) is 5. The van der Waals surface area contributed by atoms with E-state index in [1.165, 1.54) is 17.0 Å². The molecule has 0 radical (unpaired) electrons. The summed E-state index contributed by atoms with van der Waals surface area (Å²) >= 11 is 0. The Bertz CT molecular complexity index is 1700. The molecule has 3 heterocycles. The number of hydrogen-bond donors (Lipinski definition) is 1. The number of nitrogens with one attached hydrogen (secondary N) is 1. The number of hydrogen-bond acceptors (Lipinski definition) is 9. The predicted molar refractivity (Wildman–Crippen MR) is 172 cm³/mol. The number of carbonyl (C=O) groups is 1. The molecule has 2 aliphatic heterocycles. The van der Waals surface area contributed by atoms with Crippen molar-refractivity contribution in [2.75, 3.05) is 70.6 Å². The molecule has 12 heteroatoms. The summed E-state index contributed by atoms with van der Waals surface area (Å²) in [5.41, 5.74) is 1.82. The number of amides is 2. The van der Waals surface area contributed by atoms with Crippen LogP contribution in [0.3, 0.4) is 0 Å². The number of methoxy groups -OCH3 is 2. The highest BCUT2D eigenvalue weighted by molar-refractivity contribution is 5.91. The van der Waals surface area contributed by atoms with Crippen molar-refractivity contribution >= 4 is 28.3 Å². The lowest BCUT2D eigenvalue weighted by Crippen LogP contribution is -2.37. The molecule has 11 nitrogen and oxygen atoms in total. The Labute approximate surface area is 266 Å². The number of fused-ring (bicyclic) bond motifs is 1. The van der Waals surface area contributed by atoms with Gasteiger partial charge in [0.25, 0.3) is 0 Å². The molecule has 240 valence electrons. The normalized spacial score (nSPS) is 14.8. The summed E-state index contributed by atoms with van der Waals surface area (Å²) in [6, 6.07) is 16.6. The highest BCUT2D eigenvalue weighted by atomic mass is 19.1. The van der Waals surface area contributed by atoms with Gasteiger partial charge in [0, 0.05) is 67.1 Å². The minimum atomic E-state index is -0.633. The third-order valence-electron chi connectivity index (χ3n) is 7.77. The second-order valence-corrected chi connectivity index (χ2v) is 10.7. The molecule has 46 heavy (non-hydrogen) atoms. The van der Waals surface area contributed by atoms with E-state index in [2.05, 4.69) is 15.2 Å². The Morgan fingerprint density at radius 1 is 0.935 bits per heavy atom. The van der Waals surface area contributed by atoms with Crippen LogP contribution in [0.5, 0.6) is 28.7 Å². The van der Waals surface area contributed by atoms with Crippen LogP contribution in [0.4, 0.5) is 20.6 Å². The van der Waals surface area contributed by atoms with Crippen molar-refractivity contribution in [3.8, 4) is 28.7 Å². The van der Waals surface area contributed by atoms with Gasteiger partial charge in [-0.25, -0.2) is 9.18 Å². The Morgan fingerprint density at radius 3 is 2.52 bits per heavy atom. The zero-order valence-electron chi connectivity index (χ0n) is 25.8. The van der Waals surface area contributed by atoms with Crippen LogP contribution in [-0.2, 0) is 4.74 Å². The third-order valence-corrected chi connectivity index (χ3v) is 7.77. The number of morpholine rings is 1. The molecule has 0 unspecified atom stereocenters. The predicted octanol–water partition coefficient (Wildman–Crippen LogP) is 6.07. The van der Waals surface area contributed by atoms with Crippen molar-refractivity contribution in [3.05, 3.63) is 85.1 Å². The molecule has 6 rings (SSSR count). The summed E-state index contributed by atoms with van der Waals surface area (Å²) < 4.78 is 43.5. The van der Waals surface area contributed by atoms with Gasteiger partial charge in [-0.05, 0) is 55.0 Å². The van der Waals surface area contributed by atoms with Crippen molar-refractivity contribution in [3.63, 3.8) is 0 Å². The zero-order chi connectivity index (χ0) is 31.9. The second-order valence-electron chi connectivity index (χ2n) is 10.7. The molecular formula is C34H36FN5O6. The molecule has 0 spiro atoms. The lowest BCUT2D eigenvalue weighted by Gasteiger charge is -2.26. The van der Waals surface area contributed by atoms with Crippen LogP contribution in [-0.4, -0.2) is 81.2 Å². The third kappa shape index (κ3) is 7.24. The number of carbonyl (C=O) groups excluding carboxylic acids is 1. The summed E-state index contributed by atoms with van der Waals surface area (Å²) in [7, 11) is 3.18. The summed E-state index contributed by atoms with van der Waals surface area (Å²) in [6.45, 7) is 5.17. The van der Waals surface area contributed by atoms with Crippen LogP contribution in [0.15, 0.2) is 79.3 Å². The van der Waals surface area contributed by atoms with Gasteiger partial charge in [0.15, 0.2) is 23.1 Å². The molecule has 4 aromatic rings. The Balaban J connectivity index is 1.08. The van der Waals surface area contributed by atoms with E-state index in [-0.39, 0.29) is 5.75 Å². The van der Waals surface area contributed by atoms with E-state index in [9.17, 15) is 4.79 Å². The molecule has 2 amide bonds. The molecule has 1 fully saturated rings. The maximum atomic E-state index is 15.2. The largest absolute Gasteiger partial charge is 0.497 e. The van der Waals surface area contributed by atoms with Gasteiger partial charge in [-0.2, -0.15) is 0 Å². The molecular weight excluding hydrogens is 593 g/mol. The van der Waals surface area contributed by atoms with Crippen LogP contribution in [0, 0.1) is 5.82 Å². The summed E-state index contributed by atoms with van der Waals surface area (Å²) in [6.07, 6.45) is 5.93. The van der Waals surface area contributed by atoms with Gasteiger partial charge in [-0.3, -0.25) is 14.8 Å². The van der Waals surface area contributed by atoms with Crippen LogP contribution < -0.4 is 29.2 Å². The topological polar surface area (TPSA) is 97.9 Å².